The van der Waals surface area contributed by atoms with E-state index in [1.807, 2.05) is 0 Å². The molecule has 0 aliphatic rings. The van der Waals surface area contributed by atoms with Crippen molar-refractivity contribution < 1.29 is 9.90 Å². The highest BCUT2D eigenvalue weighted by atomic mass is 16.4. The van der Waals surface area contributed by atoms with Crippen LogP contribution in [0, 0.1) is 0 Å². The van der Waals surface area contributed by atoms with Gasteiger partial charge in [0.1, 0.15) is 0 Å². The molecule has 0 amide bonds. The molecule has 0 spiro atoms. The number of carbonyl (C=O) groups is 1. The lowest BCUT2D eigenvalue weighted by atomic mass is 3.00. The van der Waals surface area contributed by atoms with Crippen molar-refractivity contribution in [2.75, 3.05) is 0 Å². The lowest BCUT2D eigenvalue weighted by Gasteiger charge is -1.59. The van der Waals surface area contributed by atoms with Crippen molar-refractivity contribution >= 4 is 15.9 Å². The maximum absolute atomic E-state index is 9.00. The van der Waals surface area contributed by atoms with Gasteiger partial charge in [0.15, 0.2) is 0 Å². The van der Waals surface area contributed by atoms with Gasteiger partial charge in [-0.05, 0) is 0 Å². The fourth-order valence-electron chi connectivity index (χ4n) is 0. The van der Waals surface area contributed by atoms with E-state index in [1.54, 1.807) is 0 Å². The first-order valence-electron chi connectivity index (χ1n) is 0.928. The van der Waals surface area contributed by atoms with Crippen molar-refractivity contribution in [1.82, 2.24) is 0 Å². The summed E-state index contributed by atoms with van der Waals surface area (Å²) in [6.45, 7) is 1.08. The number of carboxylic acid groups (broad SMARTS) is 1. The second-order valence-electron chi connectivity index (χ2n) is 0.519. The van der Waals surface area contributed by atoms with Crippen LogP contribution in [0.4, 0.5) is 0 Å². The van der Waals surface area contributed by atoms with E-state index in [4.69, 9.17) is 9.90 Å². The van der Waals surface area contributed by atoms with Gasteiger partial charge in [-0.25, -0.2) is 0 Å². The Balaban J connectivity index is 0. The first-order valence-corrected chi connectivity index (χ1v) is 0.928. The van der Waals surface area contributed by atoms with Gasteiger partial charge in [-0.1, -0.05) is 0 Å². The molecule has 0 saturated heterocycles. The molecule has 0 saturated carbocycles. The van der Waals surface area contributed by atoms with Gasteiger partial charge >= 0.3 is 0 Å². The molecule has 1 N–H and O–H groups in total. The molecule has 0 rings (SSSR count). The smallest absolute Gasteiger partial charge is 0.300 e. The molecular formula is C2H7O2P. The molecule has 0 heterocycles. The minimum absolute atomic E-state index is 0. The average Bonchev–Trinajstić information content (AvgIpc) is 0.811. The maximum Gasteiger partial charge on any atom is 0.300 e. The number of carboxylic acids is 1. The van der Waals surface area contributed by atoms with Crippen LogP contribution in [-0.2, 0) is 4.79 Å². The van der Waals surface area contributed by atoms with Crippen LogP contribution in [0.5, 0.6) is 0 Å². The summed E-state index contributed by atoms with van der Waals surface area (Å²) in [5.41, 5.74) is 0. The van der Waals surface area contributed by atoms with Crippen LogP contribution in [0.1, 0.15) is 6.92 Å². The van der Waals surface area contributed by atoms with Crippen LogP contribution in [0.3, 0.4) is 0 Å². The van der Waals surface area contributed by atoms with Gasteiger partial charge in [0.25, 0.3) is 5.97 Å². The minimum atomic E-state index is -0.833. The highest BCUT2D eigenvalue weighted by Gasteiger charge is 1.65. The zero-order chi connectivity index (χ0) is 3.58. The third-order valence-corrected chi connectivity index (χ3v) is 0. The van der Waals surface area contributed by atoms with Crippen LogP contribution < -0.4 is 0 Å². The second kappa shape index (κ2) is 3.90. The van der Waals surface area contributed by atoms with E-state index in [2.05, 4.69) is 0 Å². The first kappa shape index (κ1) is 8.86. The van der Waals surface area contributed by atoms with Gasteiger partial charge in [-0.3, -0.25) is 4.79 Å². The van der Waals surface area contributed by atoms with Gasteiger partial charge in [0.2, 0.25) is 0 Å². The Kier molecular flexibility index (Phi) is 6.91. The monoisotopic (exact) mass is 66.0 g/mol. The molecule has 0 aromatic carbocycles. The molecule has 32 valence electrons. The molecule has 0 aliphatic heterocycles. The maximum atomic E-state index is 9.00. The molecule has 0 radical (unpaired) electrons. The largest absolute Gasteiger partial charge is 0.481 e. The summed E-state index contributed by atoms with van der Waals surface area (Å²) in [6.07, 6.45) is 0. The minimum Gasteiger partial charge on any atom is -0.481 e. The summed E-state index contributed by atoms with van der Waals surface area (Å²) in [6, 6.07) is 0. The Morgan fingerprint density at radius 2 is 1.80 bits per heavy atom. The fourth-order valence-corrected chi connectivity index (χ4v) is 0. The molecule has 0 aliphatic carbocycles. The van der Waals surface area contributed by atoms with E-state index in [-0.39, 0.29) is 9.90 Å². The van der Waals surface area contributed by atoms with E-state index in [0.717, 1.165) is 6.92 Å². The Morgan fingerprint density at radius 1 is 1.80 bits per heavy atom. The highest BCUT2D eigenvalue weighted by molar-refractivity contribution is 6.92. The third kappa shape index (κ3) is 1410. The Morgan fingerprint density at radius 3 is 1.80 bits per heavy atom. The van der Waals surface area contributed by atoms with Crippen LogP contribution >= 0.6 is 9.90 Å². The number of hydrogen-bond donors (Lipinski definition) is 1. The molecule has 0 fully saturated rings. The van der Waals surface area contributed by atoms with Crippen molar-refractivity contribution in [3.05, 3.63) is 0 Å². The summed E-state index contributed by atoms with van der Waals surface area (Å²) < 4.78 is 0. The summed E-state index contributed by atoms with van der Waals surface area (Å²) in [5.74, 6) is -0.833. The Bertz CT molecular complexity index is 30.6. The molecule has 1 unspecified atom stereocenters. The number of rotatable bonds is 0. The van der Waals surface area contributed by atoms with Gasteiger partial charge in [0, 0.05) is 6.92 Å². The Labute approximate surface area is 33.8 Å². The number of hydrogen-bond acceptors (Lipinski definition) is 1. The van der Waals surface area contributed by atoms with E-state index in [9.17, 15) is 0 Å². The number of aliphatic carboxylic acids is 1. The van der Waals surface area contributed by atoms with Crippen LogP contribution in [0.15, 0.2) is 0 Å². The van der Waals surface area contributed by atoms with Crippen molar-refractivity contribution in [3.8, 4) is 0 Å². The van der Waals surface area contributed by atoms with E-state index >= 15 is 0 Å². The molecular weight excluding hydrogens is 59.0 g/mol. The Hall–Kier alpha value is -0.100. The standard InChI is InChI=1S/C2H4O2.H3P/c1-2(3)4;/h1H3,(H,3,4);1H3/i;1-28. The first-order chi connectivity index (χ1) is 1.73. The zero-order valence-electron chi connectivity index (χ0n) is 3.06. The molecule has 1 atom stereocenters. The quantitative estimate of drug-likeness (QED) is 0.408. The molecule has 5 heavy (non-hydrogen) atoms. The van der Waals surface area contributed by atoms with Crippen molar-refractivity contribution in [2.24, 2.45) is 0 Å². The van der Waals surface area contributed by atoms with E-state index in [1.165, 1.54) is 0 Å². The van der Waals surface area contributed by atoms with Crippen molar-refractivity contribution in [3.63, 3.8) is 0 Å². The van der Waals surface area contributed by atoms with E-state index < -0.39 is 5.97 Å². The lowest BCUT2D eigenvalue weighted by molar-refractivity contribution is -0.134. The predicted octanol–water partition coefficient (Wildman–Crippen LogP) is 0.149. The predicted molar refractivity (Wildman–Crippen MR) is 24.4 cm³/mol. The molecule has 2 nitrogen and oxygen atoms in total. The average molecular weight is 66.1 g/mol. The van der Waals surface area contributed by atoms with Gasteiger partial charge in [-0.15, -0.1) is 0 Å². The third-order valence-electron chi connectivity index (χ3n) is 0. The van der Waals surface area contributed by atoms with E-state index in [0.29, 0.717) is 0 Å². The SMILES string of the molecule is CC(=O)O.[3PH3]. The normalized spacial score (nSPS) is 5.00. The van der Waals surface area contributed by atoms with Gasteiger partial charge in [0.05, 0.1) is 0 Å². The topological polar surface area (TPSA) is 37.3 Å². The lowest BCUT2D eigenvalue weighted by Crippen LogP contribution is -1.78. The summed E-state index contributed by atoms with van der Waals surface area (Å²) >= 11 is 0. The molecule has 3 heteroatoms. The van der Waals surface area contributed by atoms with Gasteiger partial charge < -0.3 is 5.11 Å². The highest BCUT2D eigenvalue weighted by Crippen LogP contribution is 1.42. The zero-order valence-corrected chi connectivity index (χ0v) is 4.48. The van der Waals surface area contributed by atoms with Crippen molar-refractivity contribution in [1.29, 1.82) is 0 Å². The fraction of sp³-hybridized carbons (Fsp3) is 0.500. The molecule has 0 bridgehead atoms. The summed E-state index contributed by atoms with van der Waals surface area (Å²) in [7, 11) is 0. The van der Waals surface area contributed by atoms with Crippen LogP contribution in [0.2, 0.25) is 0 Å². The second-order valence-corrected chi connectivity index (χ2v) is 0.519. The van der Waals surface area contributed by atoms with Gasteiger partial charge in [-0.2, -0.15) is 9.90 Å². The van der Waals surface area contributed by atoms with Crippen molar-refractivity contribution in [2.45, 2.75) is 6.92 Å². The molecule has 0 aromatic rings. The summed E-state index contributed by atoms with van der Waals surface area (Å²) in [4.78, 5) is 9.00. The molecule has 0 aromatic heterocycles. The van der Waals surface area contributed by atoms with Crippen LogP contribution in [-0.4, -0.2) is 11.1 Å². The summed E-state index contributed by atoms with van der Waals surface area (Å²) in [5, 5.41) is 7.42. The van der Waals surface area contributed by atoms with Crippen LogP contribution in [0.25, 0.3) is 0 Å².